The van der Waals surface area contributed by atoms with E-state index in [2.05, 4.69) is 20.8 Å². The highest BCUT2D eigenvalue weighted by molar-refractivity contribution is 14.1. The van der Waals surface area contributed by atoms with Gasteiger partial charge in [-0.1, -0.05) is 0 Å². The molecule has 0 aliphatic heterocycles. The first-order valence-corrected chi connectivity index (χ1v) is 6.80. The summed E-state index contributed by atoms with van der Waals surface area (Å²) in [6.07, 6.45) is -3.02. The molecule has 0 atom stereocenters. The number of nitrogens with one attached hydrogen (secondary N) is 3. The lowest BCUT2D eigenvalue weighted by atomic mass is 10.1. The maximum atomic E-state index is 12.9. The van der Waals surface area contributed by atoms with Crippen molar-refractivity contribution in [1.82, 2.24) is 10.2 Å². The fourth-order valence-corrected chi connectivity index (χ4v) is 2.47. The predicted octanol–water partition coefficient (Wildman–Crippen LogP) is 3.33. The van der Waals surface area contributed by atoms with E-state index in [-0.39, 0.29) is 14.8 Å². The highest BCUT2D eigenvalue weighted by Gasteiger charge is 2.34. The number of aromatic amines is 1. The molecule has 0 saturated heterocycles. The number of carbonyl (C=O) groups is 1. The molecule has 2 aromatic rings. The molecule has 0 radical (unpaired) electrons. The van der Waals surface area contributed by atoms with E-state index in [9.17, 15) is 18.0 Å². The second kappa shape index (κ2) is 5.92. The van der Waals surface area contributed by atoms with E-state index in [1.54, 1.807) is 22.6 Å². The number of hydrogen-bond acceptors (Lipinski definition) is 3. The Hall–Kier alpha value is -1.78. The Kier molecular flexibility index (Phi) is 4.40. The molecule has 0 aliphatic rings. The number of H-pyrrole nitrogens is 1. The molecular weight excluding hydrogens is 400 g/mol. The molecule has 1 aromatic heterocycles. The Morgan fingerprint density at radius 1 is 1.38 bits per heavy atom. The second-order valence-corrected chi connectivity index (χ2v) is 5.21. The van der Waals surface area contributed by atoms with Gasteiger partial charge in [0, 0.05) is 22.4 Å². The molecule has 1 amide bonds. The van der Waals surface area contributed by atoms with Gasteiger partial charge in [0.25, 0.3) is 5.91 Å². The van der Waals surface area contributed by atoms with Crippen LogP contribution in [0.4, 0.5) is 24.7 Å². The minimum Gasteiger partial charge on any atom is -0.387 e. The first-order chi connectivity index (χ1) is 9.82. The number of hydrogen-bond donors (Lipinski definition) is 3. The van der Waals surface area contributed by atoms with Gasteiger partial charge in [0.1, 0.15) is 5.82 Å². The molecule has 5 nitrogen and oxygen atoms in total. The molecule has 0 saturated carbocycles. The lowest BCUT2D eigenvalue weighted by Gasteiger charge is -2.15. The van der Waals surface area contributed by atoms with Gasteiger partial charge in [0.2, 0.25) is 0 Å². The lowest BCUT2D eigenvalue weighted by Crippen LogP contribution is -2.17. The van der Waals surface area contributed by atoms with Crippen molar-refractivity contribution < 1.29 is 18.0 Å². The molecule has 2 rings (SSSR count). The topological polar surface area (TPSA) is 69.8 Å². The van der Waals surface area contributed by atoms with Crippen molar-refractivity contribution in [1.29, 1.82) is 0 Å². The van der Waals surface area contributed by atoms with Crippen molar-refractivity contribution >= 4 is 40.0 Å². The third kappa shape index (κ3) is 3.46. The summed E-state index contributed by atoms with van der Waals surface area (Å²) < 4.78 is 38.5. The molecule has 9 heteroatoms. The van der Waals surface area contributed by atoms with E-state index < -0.39 is 17.6 Å². The maximum Gasteiger partial charge on any atom is 0.417 e. The fraction of sp³-hybridized carbons (Fsp3) is 0.167. The number of alkyl halides is 3. The zero-order chi connectivity index (χ0) is 15.6. The molecule has 1 aromatic carbocycles. The molecule has 112 valence electrons. The minimum atomic E-state index is -4.47. The van der Waals surface area contributed by atoms with E-state index >= 15 is 0 Å². The van der Waals surface area contributed by atoms with E-state index in [0.29, 0.717) is 5.82 Å². The van der Waals surface area contributed by atoms with Crippen LogP contribution < -0.4 is 10.6 Å². The molecule has 0 fully saturated rings. The molecular formula is C12H10F3IN4O. The van der Waals surface area contributed by atoms with Gasteiger partial charge in [0.05, 0.1) is 17.3 Å². The van der Waals surface area contributed by atoms with Gasteiger partial charge in [-0.25, -0.2) is 0 Å². The molecule has 0 aliphatic carbocycles. The molecule has 3 N–H and O–H groups in total. The van der Waals surface area contributed by atoms with Crippen LogP contribution in [0, 0.1) is 3.57 Å². The van der Waals surface area contributed by atoms with E-state index in [1.165, 1.54) is 25.4 Å². The summed E-state index contributed by atoms with van der Waals surface area (Å²) >= 11 is 1.56. The van der Waals surface area contributed by atoms with Crippen molar-refractivity contribution in [2.75, 3.05) is 17.7 Å². The van der Waals surface area contributed by atoms with Gasteiger partial charge in [-0.2, -0.15) is 18.3 Å². The van der Waals surface area contributed by atoms with Crippen molar-refractivity contribution in [3.63, 3.8) is 0 Å². The van der Waals surface area contributed by atoms with Crippen molar-refractivity contribution in [3.8, 4) is 0 Å². The molecule has 0 unspecified atom stereocenters. The van der Waals surface area contributed by atoms with Gasteiger partial charge in [-0.3, -0.25) is 9.89 Å². The van der Waals surface area contributed by atoms with Crippen LogP contribution in [0.1, 0.15) is 15.9 Å². The highest BCUT2D eigenvalue weighted by atomic mass is 127. The summed E-state index contributed by atoms with van der Waals surface area (Å²) in [5.74, 6) is -0.174. The van der Waals surface area contributed by atoms with Gasteiger partial charge in [-0.15, -0.1) is 0 Å². The van der Waals surface area contributed by atoms with Crippen LogP contribution in [-0.2, 0) is 6.18 Å². The highest BCUT2D eigenvalue weighted by Crippen LogP contribution is 2.36. The second-order valence-electron chi connectivity index (χ2n) is 4.05. The number of benzene rings is 1. The van der Waals surface area contributed by atoms with Gasteiger partial charge < -0.3 is 10.6 Å². The Morgan fingerprint density at radius 3 is 2.62 bits per heavy atom. The quantitative estimate of drug-likeness (QED) is 0.681. The minimum absolute atomic E-state index is 0.0474. The number of rotatable bonds is 3. The first kappa shape index (κ1) is 15.6. The molecule has 0 bridgehead atoms. The average Bonchev–Trinajstić information content (AvgIpc) is 2.89. The summed E-state index contributed by atoms with van der Waals surface area (Å²) in [7, 11) is 1.45. The van der Waals surface area contributed by atoms with Crippen LogP contribution in [0.15, 0.2) is 24.4 Å². The van der Waals surface area contributed by atoms with E-state index in [1.807, 2.05) is 0 Å². The van der Waals surface area contributed by atoms with Crippen molar-refractivity contribution in [2.45, 2.75) is 6.18 Å². The van der Waals surface area contributed by atoms with Crippen LogP contribution in [0.5, 0.6) is 0 Å². The maximum absolute atomic E-state index is 12.9. The smallest absolute Gasteiger partial charge is 0.387 e. The average molecular weight is 410 g/mol. The SMILES string of the molecule is CNc1cc(C(F)(F)F)c(I)cc1C(=O)Nc1ccn[nH]1. The Balaban J connectivity index is 2.40. The normalized spacial score (nSPS) is 11.3. The van der Waals surface area contributed by atoms with Crippen LogP contribution >= 0.6 is 22.6 Å². The predicted molar refractivity (Wildman–Crippen MR) is 80.2 cm³/mol. The summed E-state index contributed by atoms with van der Waals surface area (Å²) in [6, 6.07) is 3.65. The molecule has 21 heavy (non-hydrogen) atoms. The zero-order valence-electron chi connectivity index (χ0n) is 10.7. The van der Waals surface area contributed by atoms with Gasteiger partial charge in [0.15, 0.2) is 0 Å². The first-order valence-electron chi connectivity index (χ1n) is 5.72. The third-order valence-electron chi connectivity index (χ3n) is 2.68. The Morgan fingerprint density at radius 2 is 2.10 bits per heavy atom. The lowest BCUT2D eigenvalue weighted by molar-refractivity contribution is -0.138. The largest absolute Gasteiger partial charge is 0.417 e. The third-order valence-corrected chi connectivity index (χ3v) is 3.57. The number of nitrogens with zero attached hydrogens (tertiary/aromatic N) is 1. The molecule has 0 spiro atoms. The monoisotopic (exact) mass is 410 g/mol. The standard InChI is InChI=1S/C12H10F3IN4O/c1-17-9-5-7(12(13,14)15)8(16)4-6(9)11(21)19-10-2-3-18-20-10/h2-5,17H,1H3,(H2,18,19,20,21). The number of carbonyl (C=O) groups excluding carboxylic acids is 1. The van der Waals surface area contributed by atoms with Crippen LogP contribution in [0.2, 0.25) is 0 Å². The fourth-order valence-electron chi connectivity index (χ4n) is 1.70. The number of amides is 1. The Bertz CT molecular complexity index is 655. The van der Waals surface area contributed by atoms with Crippen molar-refractivity contribution in [2.24, 2.45) is 0 Å². The summed E-state index contributed by atoms with van der Waals surface area (Å²) in [4.78, 5) is 12.1. The molecule has 1 heterocycles. The Labute approximate surface area is 131 Å². The van der Waals surface area contributed by atoms with Crippen LogP contribution in [-0.4, -0.2) is 23.2 Å². The number of halogens is 4. The van der Waals surface area contributed by atoms with Gasteiger partial charge >= 0.3 is 6.18 Å². The summed E-state index contributed by atoms with van der Waals surface area (Å²) in [6.45, 7) is 0. The van der Waals surface area contributed by atoms with Gasteiger partial charge in [-0.05, 0) is 34.7 Å². The van der Waals surface area contributed by atoms with Crippen molar-refractivity contribution in [3.05, 3.63) is 39.1 Å². The van der Waals surface area contributed by atoms with E-state index in [4.69, 9.17) is 0 Å². The van der Waals surface area contributed by atoms with Crippen LogP contribution in [0.3, 0.4) is 0 Å². The number of aromatic nitrogens is 2. The zero-order valence-corrected chi connectivity index (χ0v) is 12.8. The summed E-state index contributed by atoms with van der Waals surface area (Å²) in [5.41, 5.74) is -0.574. The van der Waals surface area contributed by atoms with Crippen LogP contribution in [0.25, 0.3) is 0 Å². The summed E-state index contributed by atoms with van der Waals surface area (Å²) in [5, 5.41) is 11.3. The van der Waals surface area contributed by atoms with E-state index in [0.717, 1.165) is 6.07 Å². The number of anilines is 2.